The SMILES string of the molecule is COc1cnc(C(=O)Nc2ccnc([C@@]34CN(c5ncc(F)cn5)C[C@@H]3CSC(NC(=O)OC(C)(C)C)=N4)c2)cn1. The van der Waals surface area contributed by atoms with Crippen molar-refractivity contribution in [2.75, 3.05) is 36.2 Å². The highest BCUT2D eigenvalue weighted by atomic mass is 32.2. The van der Waals surface area contributed by atoms with E-state index in [4.69, 9.17) is 14.5 Å². The Morgan fingerprint density at radius 3 is 2.56 bits per heavy atom. The largest absolute Gasteiger partial charge is 0.480 e. The molecular weight excluding hydrogens is 553 g/mol. The number of halogens is 1. The van der Waals surface area contributed by atoms with Crippen molar-refractivity contribution in [3.8, 4) is 5.88 Å². The zero-order chi connectivity index (χ0) is 29.2. The molecule has 3 aromatic heterocycles. The number of aromatic nitrogens is 5. The van der Waals surface area contributed by atoms with Gasteiger partial charge in [-0.2, -0.15) is 0 Å². The van der Waals surface area contributed by atoms with E-state index in [0.717, 1.165) is 12.4 Å². The van der Waals surface area contributed by atoms with E-state index in [1.807, 2.05) is 4.90 Å². The van der Waals surface area contributed by atoms with Crippen molar-refractivity contribution in [2.24, 2.45) is 10.9 Å². The minimum atomic E-state index is -0.937. The average Bonchev–Trinajstić information content (AvgIpc) is 3.33. The van der Waals surface area contributed by atoms with Crippen LogP contribution >= 0.6 is 11.8 Å². The van der Waals surface area contributed by atoms with Gasteiger partial charge in [-0.3, -0.25) is 15.1 Å². The number of anilines is 2. The number of hydrogen-bond donors (Lipinski definition) is 2. The fourth-order valence-electron chi connectivity index (χ4n) is 4.51. The monoisotopic (exact) mass is 581 g/mol. The summed E-state index contributed by atoms with van der Waals surface area (Å²) >= 11 is 1.39. The lowest BCUT2D eigenvalue weighted by Crippen LogP contribution is -2.44. The summed E-state index contributed by atoms with van der Waals surface area (Å²) in [5.74, 6) is 0.156. The highest BCUT2D eigenvalue weighted by molar-refractivity contribution is 8.13. The Labute approximate surface area is 239 Å². The third kappa shape index (κ3) is 6.34. The number of hydrogen-bond acceptors (Lipinski definition) is 12. The molecule has 214 valence electrons. The van der Waals surface area contributed by atoms with Crippen LogP contribution in [0.15, 0.2) is 48.1 Å². The summed E-state index contributed by atoms with van der Waals surface area (Å²) in [4.78, 5) is 53.3. The summed E-state index contributed by atoms with van der Waals surface area (Å²) in [5, 5.41) is 5.95. The van der Waals surface area contributed by atoms with Crippen molar-refractivity contribution < 1.29 is 23.5 Å². The third-order valence-electron chi connectivity index (χ3n) is 6.30. The van der Waals surface area contributed by atoms with Crippen molar-refractivity contribution in [3.63, 3.8) is 0 Å². The van der Waals surface area contributed by atoms with Crippen LogP contribution in [0.4, 0.5) is 20.8 Å². The van der Waals surface area contributed by atoms with Gasteiger partial charge in [-0.05, 0) is 32.9 Å². The topological polar surface area (TPSA) is 157 Å². The quantitative estimate of drug-likeness (QED) is 0.456. The van der Waals surface area contributed by atoms with Gasteiger partial charge in [0.1, 0.15) is 16.8 Å². The van der Waals surface area contributed by atoms with Crippen molar-refractivity contribution in [3.05, 3.63) is 60.3 Å². The van der Waals surface area contributed by atoms with Crippen LogP contribution < -0.4 is 20.3 Å². The molecule has 0 saturated carbocycles. The van der Waals surface area contributed by atoms with E-state index in [9.17, 15) is 14.0 Å². The molecular formula is C26H28FN9O4S. The Bertz CT molecular complexity index is 1470. The lowest BCUT2D eigenvalue weighted by atomic mass is 9.85. The van der Waals surface area contributed by atoms with E-state index in [1.165, 1.54) is 31.3 Å². The minimum Gasteiger partial charge on any atom is -0.480 e. The molecule has 0 aromatic carbocycles. The number of rotatable bonds is 5. The number of methoxy groups -OCH3 is 1. The number of nitrogens with zero attached hydrogens (tertiary/aromatic N) is 7. The van der Waals surface area contributed by atoms with Gasteiger partial charge in [0.15, 0.2) is 11.0 Å². The van der Waals surface area contributed by atoms with Crippen LogP contribution in [0.2, 0.25) is 0 Å². The molecule has 0 spiro atoms. The molecule has 2 aliphatic rings. The van der Waals surface area contributed by atoms with Crippen LogP contribution in [0.25, 0.3) is 0 Å². The first kappa shape index (κ1) is 28.1. The van der Waals surface area contributed by atoms with Crippen LogP contribution in [0.5, 0.6) is 5.88 Å². The summed E-state index contributed by atoms with van der Waals surface area (Å²) < 4.78 is 23.9. The molecule has 13 nitrogen and oxygen atoms in total. The molecule has 2 amide bonds. The number of thioether (sulfide) groups is 1. The predicted molar refractivity (Wildman–Crippen MR) is 149 cm³/mol. The van der Waals surface area contributed by atoms with E-state index in [1.54, 1.807) is 39.1 Å². The zero-order valence-electron chi connectivity index (χ0n) is 22.8. The third-order valence-corrected chi connectivity index (χ3v) is 7.33. The minimum absolute atomic E-state index is 0.0729. The van der Waals surface area contributed by atoms with Crippen molar-refractivity contribution in [1.82, 2.24) is 30.2 Å². The van der Waals surface area contributed by atoms with Crippen molar-refractivity contribution in [2.45, 2.75) is 31.9 Å². The predicted octanol–water partition coefficient (Wildman–Crippen LogP) is 3.02. The fraction of sp³-hybridized carbons (Fsp3) is 0.385. The molecule has 3 aromatic rings. The number of fused-ring (bicyclic) bond motifs is 1. The smallest absolute Gasteiger partial charge is 0.413 e. The van der Waals surface area contributed by atoms with E-state index in [2.05, 4.69) is 35.6 Å². The summed E-state index contributed by atoms with van der Waals surface area (Å²) in [6.45, 7) is 6.15. The van der Waals surface area contributed by atoms with Gasteiger partial charge in [0, 0.05) is 30.1 Å². The van der Waals surface area contributed by atoms with Crippen molar-refractivity contribution in [1.29, 1.82) is 0 Å². The maximum Gasteiger partial charge on any atom is 0.413 e. The number of pyridine rings is 1. The second kappa shape index (κ2) is 11.2. The molecule has 0 aliphatic carbocycles. The van der Waals surface area contributed by atoms with Gasteiger partial charge in [0.25, 0.3) is 5.91 Å². The lowest BCUT2D eigenvalue weighted by Gasteiger charge is -2.34. The standard InChI is InChI=1S/C26H28FN9O4S/c1-25(2,3)40-24(38)34-23-35-26(14-36(12-15(26)13-41-23)22-31-8-16(27)9-32-22)19-7-17(5-6-28-19)33-21(37)18-10-30-20(39-4)11-29-18/h5-11,15H,12-14H2,1-4H3,(H,28,33,37)(H,34,35,38)/t15-,26-/m1/s1. The first-order chi connectivity index (χ1) is 19.5. The molecule has 5 heterocycles. The van der Waals surface area contributed by atoms with Crippen LogP contribution in [0.1, 0.15) is 37.0 Å². The number of amides is 2. The van der Waals surface area contributed by atoms with Gasteiger partial charge in [-0.25, -0.2) is 34.1 Å². The van der Waals surface area contributed by atoms with Crippen molar-refractivity contribution >= 4 is 40.6 Å². The first-order valence-electron chi connectivity index (χ1n) is 12.6. The maximum absolute atomic E-state index is 13.5. The molecule has 0 bridgehead atoms. The molecule has 41 heavy (non-hydrogen) atoms. The summed E-state index contributed by atoms with van der Waals surface area (Å²) in [6.07, 6.45) is 5.85. The zero-order valence-corrected chi connectivity index (χ0v) is 23.6. The molecule has 5 rings (SSSR count). The van der Waals surface area contributed by atoms with E-state index < -0.39 is 29.0 Å². The lowest BCUT2D eigenvalue weighted by molar-refractivity contribution is 0.0563. The number of carbonyl (C=O) groups is 2. The number of alkyl carbamates (subject to hydrolysis) is 1. The Morgan fingerprint density at radius 1 is 1.10 bits per heavy atom. The van der Waals surface area contributed by atoms with E-state index >= 15 is 0 Å². The number of ether oxygens (including phenoxy) is 2. The summed E-state index contributed by atoms with van der Waals surface area (Å²) in [5.41, 5.74) is -0.478. The van der Waals surface area contributed by atoms with Gasteiger partial charge in [-0.15, -0.1) is 0 Å². The molecule has 15 heteroatoms. The highest BCUT2D eigenvalue weighted by Gasteiger charge is 2.52. The highest BCUT2D eigenvalue weighted by Crippen LogP contribution is 2.46. The first-order valence-corrected chi connectivity index (χ1v) is 13.6. The van der Waals surface area contributed by atoms with Gasteiger partial charge in [0.2, 0.25) is 11.8 Å². The maximum atomic E-state index is 13.5. The van der Waals surface area contributed by atoms with Gasteiger partial charge < -0.3 is 19.7 Å². The van der Waals surface area contributed by atoms with Crippen LogP contribution in [-0.2, 0) is 10.3 Å². The molecule has 0 unspecified atom stereocenters. The van der Waals surface area contributed by atoms with Crippen LogP contribution in [-0.4, -0.2) is 73.6 Å². The van der Waals surface area contributed by atoms with Gasteiger partial charge in [0.05, 0.1) is 44.1 Å². The summed E-state index contributed by atoms with van der Waals surface area (Å²) in [6, 6.07) is 3.39. The molecule has 2 atom stereocenters. The molecule has 2 aliphatic heterocycles. The molecule has 1 saturated heterocycles. The molecule has 2 N–H and O–H groups in total. The second-order valence-electron chi connectivity index (χ2n) is 10.4. The Balaban J connectivity index is 1.47. The average molecular weight is 582 g/mol. The second-order valence-corrected chi connectivity index (χ2v) is 11.4. The van der Waals surface area contributed by atoms with Crippen LogP contribution in [0, 0.1) is 11.7 Å². The summed E-state index contributed by atoms with van der Waals surface area (Å²) in [7, 11) is 1.46. The Kier molecular flexibility index (Phi) is 7.71. The number of nitrogens with one attached hydrogen (secondary N) is 2. The van der Waals surface area contributed by atoms with E-state index in [-0.39, 0.29) is 17.5 Å². The Hall–Kier alpha value is -4.40. The van der Waals surface area contributed by atoms with Gasteiger partial charge in [-0.1, -0.05) is 11.8 Å². The Morgan fingerprint density at radius 2 is 1.88 bits per heavy atom. The van der Waals surface area contributed by atoms with E-state index in [0.29, 0.717) is 41.3 Å². The normalized spacial score (nSPS) is 20.1. The van der Waals surface area contributed by atoms with Gasteiger partial charge >= 0.3 is 6.09 Å². The van der Waals surface area contributed by atoms with Crippen LogP contribution in [0.3, 0.4) is 0 Å². The number of amidine groups is 1. The molecule has 0 radical (unpaired) electrons. The number of aliphatic imine (C=N–C) groups is 1. The molecule has 1 fully saturated rings. The number of carbonyl (C=O) groups excluding carboxylic acids is 2. The fourth-order valence-corrected chi connectivity index (χ4v) is 5.64.